The average molecular weight is 401 g/mol. The van der Waals surface area contributed by atoms with Gasteiger partial charge in [0.05, 0.1) is 11.5 Å². The first-order chi connectivity index (χ1) is 13.4. The summed E-state index contributed by atoms with van der Waals surface area (Å²) >= 11 is 0. The Bertz CT molecular complexity index is 1070. The molecule has 148 valence electrons. The van der Waals surface area contributed by atoms with E-state index in [1.165, 1.54) is 0 Å². The predicted octanol–water partition coefficient (Wildman–Crippen LogP) is 3.56. The molecule has 0 saturated carbocycles. The second kappa shape index (κ2) is 8.58. The number of hydrogen-bond donors (Lipinski definition) is 2. The van der Waals surface area contributed by atoms with Crippen LogP contribution in [0.15, 0.2) is 53.4 Å². The van der Waals surface area contributed by atoms with Crippen molar-refractivity contribution >= 4 is 26.9 Å². The summed E-state index contributed by atoms with van der Waals surface area (Å²) in [5.74, 6) is -0.395. The van der Waals surface area contributed by atoms with Crippen LogP contribution in [0.4, 0.5) is 0 Å². The molecule has 0 amide bonds. The zero-order valence-electron chi connectivity index (χ0n) is 16.0. The fraction of sp³-hybridized carbons (Fsp3) is 0.286. The van der Waals surface area contributed by atoms with Gasteiger partial charge in [-0.2, -0.15) is 0 Å². The quantitative estimate of drug-likeness (QED) is 0.447. The molecule has 28 heavy (non-hydrogen) atoms. The molecule has 2 aromatic carbocycles. The molecule has 3 aromatic rings. The molecule has 0 saturated heterocycles. The zero-order valence-corrected chi connectivity index (χ0v) is 16.8. The summed E-state index contributed by atoms with van der Waals surface area (Å²) in [5.41, 5.74) is 3.15. The van der Waals surface area contributed by atoms with E-state index in [9.17, 15) is 13.2 Å². The molecule has 6 nitrogen and oxygen atoms in total. The van der Waals surface area contributed by atoms with Crippen LogP contribution in [0, 0.1) is 6.92 Å². The smallest absolute Gasteiger partial charge is 0.355 e. The number of para-hydroxylation sites is 1. The Balaban J connectivity index is 1.70. The second-order valence-corrected chi connectivity index (χ2v) is 8.33. The van der Waals surface area contributed by atoms with Crippen molar-refractivity contribution in [1.82, 2.24) is 9.71 Å². The Labute approximate surface area is 165 Å². The van der Waals surface area contributed by atoms with Gasteiger partial charge in [0.25, 0.3) is 0 Å². The minimum atomic E-state index is -3.55. The Morgan fingerprint density at radius 3 is 2.54 bits per heavy atom. The summed E-state index contributed by atoms with van der Waals surface area (Å²) in [7, 11) is -3.55. The molecular formula is C21H24N2O4S. The van der Waals surface area contributed by atoms with E-state index in [1.54, 1.807) is 31.2 Å². The molecule has 0 aliphatic heterocycles. The van der Waals surface area contributed by atoms with E-state index in [2.05, 4.69) is 9.71 Å². The highest BCUT2D eigenvalue weighted by Gasteiger charge is 2.19. The summed E-state index contributed by atoms with van der Waals surface area (Å²) in [6.07, 6.45) is 1.11. The van der Waals surface area contributed by atoms with Gasteiger partial charge in [-0.05, 0) is 50.5 Å². The molecule has 0 radical (unpaired) electrons. The summed E-state index contributed by atoms with van der Waals surface area (Å²) < 4.78 is 32.5. The van der Waals surface area contributed by atoms with Gasteiger partial charge in [0.15, 0.2) is 0 Å². The fourth-order valence-corrected chi connectivity index (χ4v) is 4.18. The normalized spacial score (nSPS) is 11.6. The van der Waals surface area contributed by atoms with Gasteiger partial charge in [0.1, 0.15) is 5.69 Å². The maximum absolute atomic E-state index is 12.4. The van der Waals surface area contributed by atoms with Crippen LogP contribution in [0.3, 0.4) is 0 Å². The van der Waals surface area contributed by atoms with Gasteiger partial charge in [-0.1, -0.05) is 35.9 Å². The topological polar surface area (TPSA) is 88.3 Å². The van der Waals surface area contributed by atoms with Gasteiger partial charge < -0.3 is 9.72 Å². The Morgan fingerprint density at radius 1 is 1.11 bits per heavy atom. The van der Waals surface area contributed by atoms with Gasteiger partial charge in [-0.3, -0.25) is 0 Å². The second-order valence-electron chi connectivity index (χ2n) is 6.56. The van der Waals surface area contributed by atoms with Crippen LogP contribution >= 0.6 is 0 Å². The minimum absolute atomic E-state index is 0.248. The van der Waals surface area contributed by atoms with Gasteiger partial charge in [-0.25, -0.2) is 17.9 Å². The van der Waals surface area contributed by atoms with Crippen molar-refractivity contribution in [3.63, 3.8) is 0 Å². The first-order valence-corrected chi connectivity index (χ1v) is 10.7. The Kier molecular flexibility index (Phi) is 6.16. The van der Waals surface area contributed by atoms with Crippen LogP contribution in [0.2, 0.25) is 0 Å². The molecule has 0 fully saturated rings. The molecule has 0 unspecified atom stereocenters. The number of hydrogen-bond acceptors (Lipinski definition) is 4. The van der Waals surface area contributed by atoms with Crippen LogP contribution in [0.1, 0.15) is 35.0 Å². The molecule has 3 rings (SSSR count). The lowest BCUT2D eigenvalue weighted by molar-refractivity contribution is 0.0519. The molecule has 0 aliphatic rings. The van der Waals surface area contributed by atoms with Crippen molar-refractivity contribution in [3.8, 4) is 0 Å². The first kappa shape index (κ1) is 20.1. The number of benzene rings is 2. The van der Waals surface area contributed by atoms with Gasteiger partial charge in [0.2, 0.25) is 10.0 Å². The minimum Gasteiger partial charge on any atom is -0.461 e. The Hall–Kier alpha value is -2.64. The van der Waals surface area contributed by atoms with Crippen molar-refractivity contribution in [2.24, 2.45) is 0 Å². The molecule has 7 heteroatoms. The number of H-pyrrole nitrogens is 1. The summed E-state index contributed by atoms with van der Waals surface area (Å²) in [6.45, 7) is 4.24. The maximum Gasteiger partial charge on any atom is 0.355 e. The largest absolute Gasteiger partial charge is 0.461 e. The number of rotatable bonds is 8. The molecule has 0 atom stereocenters. The fourth-order valence-electron chi connectivity index (χ4n) is 3.11. The standard InChI is InChI=1S/C21H24N2O4S/c1-3-27-21(24)20-18(17-7-4-5-9-19(17)23-20)8-6-14-22-28(25,26)16-12-10-15(2)11-13-16/h4-5,7,9-13,22-23H,3,6,8,14H2,1-2H3. The van der Waals surface area contributed by atoms with E-state index in [1.807, 2.05) is 31.2 Å². The van der Waals surface area contributed by atoms with E-state index in [4.69, 9.17) is 4.74 Å². The highest BCUT2D eigenvalue weighted by Crippen LogP contribution is 2.24. The van der Waals surface area contributed by atoms with Crippen LogP contribution < -0.4 is 4.72 Å². The number of nitrogens with one attached hydrogen (secondary N) is 2. The van der Waals surface area contributed by atoms with Crippen molar-refractivity contribution < 1.29 is 17.9 Å². The number of aryl methyl sites for hydroxylation is 2. The lowest BCUT2D eigenvalue weighted by Crippen LogP contribution is -2.25. The van der Waals surface area contributed by atoms with E-state index in [0.29, 0.717) is 25.1 Å². The monoisotopic (exact) mass is 400 g/mol. The van der Waals surface area contributed by atoms with Crippen LogP contribution in [-0.2, 0) is 21.2 Å². The van der Waals surface area contributed by atoms with Crippen LogP contribution in [-0.4, -0.2) is 32.5 Å². The summed E-state index contributed by atoms with van der Waals surface area (Å²) in [6, 6.07) is 14.4. The summed E-state index contributed by atoms with van der Waals surface area (Å²) in [5, 5.41) is 0.951. The molecular weight excluding hydrogens is 376 g/mol. The van der Waals surface area contributed by atoms with Crippen LogP contribution in [0.5, 0.6) is 0 Å². The molecule has 0 bridgehead atoms. The lowest BCUT2D eigenvalue weighted by atomic mass is 10.1. The molecule has 0 aliphatic carbocycles. The number of fused-ring (bicyclic) bond motifs is 1. The molecule has 1 heterocycles. The molecule has 1 aromatic heterocycles. The highest BCUT2D eigenvalue weighted by atomic mass is 32.2. The third-order valence-corrected chi connectivity index (χ3v) is 6.00. The summed E-state index contributed by atoms with van der Waals surface area (Å²) in [4.78, 5) is 15.6. The number of aromatic amines is 1. The van der Waals surface area contributed by atoms with Gasteiger partial charge in [0, 0.05) is 17.4 Å². The number of carbonyl (C=O) groups is 1. The SMILES string of the molecule is CCOC(=O)c1[nH]c2ccccc2c1CCCNS(=O)(=O)c1ccc(C)cc1. The number of esters is 1. The number of carbonyl (C=O) groups excluding carboxylic acids is 1. The van der Waals surface area contributed by atoms with Gasteiger partial charge >= 0.3 is 5.97 Å². The van der Waals surface area contributed by atoms with E-state index in [-0.39, 0.29) is 11.4 Å². The average Bonchev–Trinajstić information content (AvgIpc) is 3.05. The highest BCUT2D eigenvalue weighted by molar-refractivity contribution is 7.89. The van der Waals surface area contributed by atoms with Crippen molar-refractivity contribution in [2.75, 3.05) is 13.2 Å². The number of aromatic nitrogens is 1. The van der Waals surface area contributed by atoms with Crippen molar-refractivity contribution in [3.05, 3.63) is 65.4 Å². The van der Waals surface area contributed by atoms with Crippen molar-refractivity contribution in [1.29, 1.82) is 0 Å². The third kappa shape index (κ3) is 4.43. The maximum atomic E-state index is 12.4. The molecule has 0 spiro atoms. The van der Waals surface area contributed by atoms with Gasteiger partial charge in [-0.15, -0.1) is 0 Å². The lowest BCUT2D eigenvalue weighted by Gasteiger charge is -2.08. The van der Waals surface area contributed by atoms with Crippen molar-refractivity contribution in [2.45, 2.75) is 31.6 Å². The number of ether oxygens (including phenoxy) is 1. The first-order valence-electron chi connectivity index (χ1n) is 9.25. The van der Waals surface area contributed by atoms with E-state index >= 15 is 0 Å². The molecule has 2 N–H and O–H groups in total. The number of sulfonamides is 1. The van der Waals surface area contributed by atoms with Crippen LogP contribution in [0.25, 0.3) is 10.9 Å². The Morgan fingerprint density at radius 2 is 1.82 bits per heavy atom. The third-order valence-electron chi connectivity index (χ3n) is 4.52. The predicted molar refractivity (Wildman–Crippen MR) is 109 cm³/mol. The van der Waals surface area contributed by atoms with E-state index in [0.717, 1.165) is 22.0 Å². The zero-order chi connectivity index (χ0) is 20.1. The van der Waals surface area contributed by atoms with E-state index < -0.39 is 16.0 Å².